The molecule has 0 N–H and O–H groups in total. The van der Waals surface area contributed by atoms with Gasteiger partial charge in [0.25, 0.3) is 0 Å². The molecule has 8 heavy (non-hydrogen) atoms. The quantitative estimate of drug-likeness (QED) is 0.474. The van der Waals surface area contributed by atoms with Crippen LogP contribution in [-0.2, 0) is 0 Å². The second-order valence-electron chi connectivity index (χ2n) is 1.65. The zero-order valence-electron chi connectivity index (χ0n) is 4.96. The van der Waals surface area contributed by atoms with Crippen LogP contribution in [0.25, 0.3) is 0 Å². The van der Waals surface area contributed by atoms with E-state index in [9.17, 15) is 0 Å². The van der Waals surface area contributed by atoms with Crippen molar-refractivity contribution in [2.45, 2.75) is 6.92 Å². The number of benzene rings is 1. The van der Waals surface area contributed by atoms with E-state index < -0.39 is 0 Å². The molecule has 0 aliphatic heterocycles. The highest BCUT2D eigenvalue weighted by Crippen LogP contribution is 1.92. The molecule has 0 spiro atoms. The van der Waals surface area contributed by atoms with Crippen molar-refractivity contribution in [3.05, 3.63) is 43.3 Å². The highest BCUT2D eigenvalue weighted by atomic mass is 13.8. The van der Waals surface area contributed by atoms with Crippen LogP contribution in [0.4, 0.5) is 0 Å². The van der Waals surface area contributed by atoms with Crippen molar-refractivity contribution in [3.63, 3.8) is 0 Å². The van der Waals surface area contributed by atoms with Gasteiger partial charge in [-0.25, -0.2) is 0 Å². The Labute approximate surface area is 51.2 Å². The average Bonchev–Trinajstić information content (AvgIpc) is 1.69. The smallest absolute Gasteiger partial charge is 0.0312 e. The first kappa shape index (κ1) is 7.22. The molecule has 0 heterocycles. The van der Waals surface area contributed by atoms with Gasteiger partial charge in [0.1, 0.15) is 0 Å². The molecule has 0 aliphatic carbocycles. The van der Waals surface area contributed by atoms with E-state index in [1.165, 1.54) is 5.56 Å². The molecule has 0 nitrogen and oxygen atoms in total. The molecule has 0 saturated heterocycles. The molecule has 0 saturated carbocycles. The van der Waals surface area contributed by atoms with Crippen LogP contribution in [0.15, 0.2) is 30.3 Å². The van der Waals surface area contributed by atoms with Gasteiger partial charge in [0.15, 0.2) is 0 Å². The van der Waals surface area contributed by atoms with E-state index in [4.69, 9.17) is 0 Å². The maximum atomic E-state index is 2.08. The SMILES string of the molecule is Cc1ccccc1.[CH]. The van der Waals surface area contributed by atoms with Gasteiger partial charge in [-0.1, -0.05) is 35.9 Å². The second-order valence-corrected chi connectivity index (χ2v) is 1.65. The summed E-state index contributed by atoms with van der Waals surface area (Å²) in [6.07, 6.45) is 0. The zero-order valence-corrected chi connectivity index (χ0v) is 4.96. The fourth-order valence-corrected chi connectivity index (χ4v) is 0.534. The van der Waals surface area contributed by atoms with Crippen molar-refractivity contribution in [1.82, 2.24) is 0 Å². The summed E-state index contributed by atoms with van der Waals surface area (Å²) in [6, 6.07) is 10.3. The molecule has 0 aromatic heterocycles. The normalized spacial score (nSPS) is 7.62. The number of aryl methyl sites for hydroxylation is 1. The summed E-state index contributed by atoms with van der Waals surface area (Å²) < 4.78 is 0. The van der Waals surface area contributed by atoms with E-state index in [0.29, 0.717) is 0 Å². The van der Waals surface area contributed by atoms with Gasteiger partial charge in [0.05, 0.1) is 0 Å². The summed E-state index contributed by atoms with van der Waals surface area (Å²) in [5.74, 6) is 0. The molecule has 0 amide bonds. The first-order valence-electron chi connectivity index (χ1n) is 2.41. The van der Waals surface area contributed by atoms with E-state index >= 15 is 0 Å². The van der Waals surface area contributed by atoms with Gasteiger partial charge in [-0.05, 0) is 14.4 Å². The Balaban J connectivity index is 0.000000490. The Morgan fingerprint density at radius 2 is 1.50 bits per heavy atom. The summed E-state index contributed by atoms with van der Waals surface area (Å²) in [4.78, 5) is 0. The van der Waals surface area contributed by atoms with E-state index in [-0.39, 0.29) is 7.43 Å². The molecule has 1 rings (SSSR count). The maximum absolute atomic E-state index is 2.08. The summed E-state index contributed by atoms with van der Waals surface area (Å²) in [5, 5.41) is 0. The Hall–Kier alpha value is -0.780. The van der Waals surface area contributed by atoms with E-state index in [0.717, 1.165) is 0 Å². The first-order chi connectivity index (χ1) is 3.39. The Kier molecular flexibility index (Phi) is 2.93. The van der Waals surface area contributed by atoms with Gasteiger partial charge in [-0.2, -0.15) is 0 Å². The van der Waals surface area contributed by atoms with Crippen molar-refractivity contribution in [3.8, 4) is 0 Å². The third-order valence-corrected chi connectivity index (χ3v) is 0.940. The van der Waals surface area contributed by atoms with Gasteiger partial charge < -0.3 is 0 Å². The van der Waals surface area contributed by atoms with E-state index in [1.807, 2.05) is 18.2 Å². The predicted molar refractivity (Wildman–Crippen MR) is 35.5 cm³/mol. The van der Waals surface area contributed by atoms with Crippen LogP contribution >= 0.6 is 0 Å². The number of hydrogen-bond donors (Lipinski definition) is 0. The molecular formula is C8H9. The average molecular weight is 105 g/mol. The molecule has 0 aliphatic rings. The monoisotopic (exact) mass is 105 g/mol. The van der Waals surface area contributed by atoms with Crippen LogP contribution in [0, 0.1) is 14.4 Å². The van der Waals surface area contributed by atoms with Crippen LogP contribution < -0.4 is 0 Å². The first-order valence-corrected chi connectivity index (χ1v) is 2.41. The molecule has 0 bridgehead atoms. The minimum absolute atomic E-state index is 0. The Morgan fingerprint density at radius 1 is 1.00 bits per heavy atom. The standard InChI is InChI=1S/C7H8.CH/c1-7-5-3-2-4-6-7;/h2-6H,1H3;1H. The fraction of sp³-hybridized carbons (Fsp3) is 0.125. The lowest BCUT2D eigenvalue weighted by Crippen LogP contribution is -1.62. The third-order valence-electron chi connectivity index (χ3n) is 0.940. The topological polar surface area (TPSA) is 0 Å². The highest BCUT2D eigenvalue weighted by Gasteiger charge is 1.72. The molecule has 1 aromatic rings. The molecule has 1 aromatic carbocycles. The van der Waals surface area contributed by atoms with Crippen LogP contribution in [-0.4, -0.2) is 0 Å². The van der Waals surface area contributed by atoms with Crippen LogP contribution in [0.3, 0.4) is 0 Å². The maximum Gasteiger partial charge on any atom is -0.0312 e. The molecule has 3 radical (unpaired) electrons. The molecule has 0 fully saturated rings. The summed E-state index contributed by atoms with van der Waals surface area (Å²) >= 11 is 0. The summed E-state index contributed by atoms with van der Waals surface area (Å²) in [6.45, 7) is 2.08. The summed E-state index contributed by atoms with van der Waals surface area (Å²) in [5.41, 5.74) is 1.32. The van der Waals surface area contributed by atoms with Crippen molar-refractivity contribution in [2.75, 3.05) is 0 Å². The van der Waals surface area contributed by atoms with Crippen molar-refractivity contribution in [1.29, 1.82) is 0 Å². The molecule has 0 heteroatoms. The van der Waals surface area contributed by atoms with Crippen molar-refractivity contribution >= 4 is 0 Å². The fourth-order valence-electron chi connectivity index (χ4n) is 0.534. The minimum Gasteiger partial charge on any atom is -0.0622 e. The second kappa shape index (κ2) is 3.25. The number of hydrogen-bond acceptors (Lipinski definition) is 0. The van der Waals surface area contributed by atoms with E-state index in [2.05, 4.69) is 19.1 Å². The third kappa shape index (κ3) is 1.78. The lowest BCUT2D eigenvalue weighted by molar-refractivity contribution is 1.48. The Bertz CT molecular complexity index is 130. The molecule has 41 valence electrons. The van der Waals surface area contributed by atoms with Gasteiger partial charge in [0.2, 0.25) is 0 Å². The van der Waals surface area contributed by atoms with E-state index in [1.54, 1.807) is 0 Å². The Morgan fingerprint density at radius 3 is 1.75 bits per heavy atom. The van der Waals surface area contributed by atoms with Gasteiger partial charge in [-0.3, -0.25) is 0 Å². The van der Waals surface area contributed by atoms with Crippen LogP contribution in [0.1, 0.15) is 5.56 Å². The van der Waals surface area contributed by atoms with Gasteiger partial charge in [0, 0.05) is 0 Å². The van der Waals surface area contributed by atoms with Crippen molar-refractivity contribution in [2.24, 2.45) is 0 Å². The van der Waals surface area contributed by atoms with Gasteiger partial charge in [-0.15, -0.1) is 0 Å². The van der Waals surface area contributed by atoms with Crippen LogP contribution in [0.5, 0.6) is 0 Å². The van der Waals surface area contributed by atoms with Crippen LogP contribution in [0.2, 0.25) is 0 Å². The molecule has 0 unspecified atom stereocenters. The van der Waals surface area contributed by atoms with Gasteiger partial charge >= 0.3 is 0 Å². The minimum atomic E-state index is 0. The largest absolute Gasteiger partial charge is 0.0622 e. The predicted octanol–water partition coefficient (Wildman–Crippen LogP) is 2.20. The lowest BCUT2D eigenvalue weighted by atomic mass is 10.2. The molecular weight excluding hydrogens is 96.1 g/mol. The lowest BCUT2D eigenvalue weighted by Gasteiger charge is -1.82. The summed E-state index contributed by atoms with van der Waals surface area (Å²) in [7, 11) is 0. The zero-order chi connectivity index (χ0) is 5.11. The van der Waals surface area contributed by atoms with Crippen molar-refractivity contribution < 1.29 is 0 Å². The molecule has 0 atom stereocenters. The number of rotatable bonds is 0. The highest BCUT2D eigenvalue weighted by molar-refractivity contribution is 5.11.